The summed E-state index contributed by atoms with van der Waals surface area (Å²) in [6.45, 7) is 1.31. The van der Waals surface area contributed by atoms with Gasteiger partial charge in [0.1, 0.15) is 5.41 Å². The fraction of sp³-hybridized carbons (Fsp3) is 0.435. The van der Waals surface area contributed by atoms with E-state index in [1.54, 1.807) is 0 Å². The summed E-state index contributed by atoms with van der Waals surface area (Å²) >= 11 is 0. The molecule has 0 saturated carbocycles. The number of hydrogen-bond acceptors (Lipinski definition) is 3. The number of nitriles is 1. The molecule has 1 atom stereocenters. The number of nitrogens with zero attached hydrogens (tertiary/aromatic N) is 1. The Morgan fingerprint density at radius 1 is 1.00 bits per heavy atom. The van der Waals surface area contributed by atoms with Gasteiger partial charge in [-0.2, -0.15) is 5.26 Å². The summed E-state index contributed by atoms with van der Waals surface area (Å²) in [7, 11) is 0. The largest absolute Gasteiger partial charge is 0.353 e. The van der Waals surface area contributed by atoms with E-state index in [0.29, 0.717) is 13.0 Å². The maximum absolute atomic E-state index is 10.4. The second-order valence-corrected chi connectivity index (χ2v) is 7.25. The van der Waals surface area contributed by atoms with E-state index in [-0.39, 0.29) is 6.29 Å². The van der Waals surface area contributed by atoms with Gasteiger partial charge in [-0.25, -0.2) is 0 Å². The lowest BCUT2D eigenvalue weighted by molar-refractivity contribution is -0.163. The maximum atomic E-state index is 10.4. The molecule has 0 N–H and O–H groups in total. The fourth-order valence-electron chi connectivity index (χ4n) is 4.36. The minimum atomic E-state index is -0.654. The van der Waals surface area contributed by atoms with Gasteiger partial charge in [-0.1, -0.05) is 48.5 Å². The molecule has 1 heterocycles. The highest BCUT2D eigenvalue weighted by atomic mass is 16.7. The normalized spacial score (nSPS) is 21.1. The summed E-state index contributed by atoms with van der Waals surface area (Å²) in [5.74, 6) is 0. The van der Waals surface area contributed by atoms with E-state index in [2.05, 4.69) is 42.5 Å². The number of aryl methyl sites for hydroxylation is 2. The summed E-state index contributed by atoms with van der Waals surface area (Å²) in [5.41, 5.74) is 4.18. The molecule has 0 bridgehead atoms. The zero-order chi connectivity index (χ0) is 17.8. The summed E-state index contributed by atoms with van der Waals surface area (Å²) in [4.78, 5) is 0. The molecule has 2 aliphatic rings. The number of hydrogen-bond donors (Lipinski definition) is 0. The van der Waals surface area contributed by atoms with Crippen LogP contribution in [0.4, 0.5) is 0 Å². The molecule has 2 aromatic carbocycles. The van der Waals surface area contributed by atoms with Crippen molar-refractivity contribution in [3.8, 4) is 6.07 Å². The van der Waals surface area contributed by atoms with Crippen LogP contribution in [0.15, 0.2) is 48.5 Å². The van der Waals surface area contributed by atoms with Gasteiger partial charge < -0.3 is 9.47 Å². The Balaban J connectivity index is 1.67. The van der Waals surface area contributed by atoms with Gasteiger partial charge in [0.15, 0.2) is 6.29 Å². The summed E-state index contributed by atoms with van der Waals surface area (Å²) in [6.07, 6.45) is 5.70. The molecule has 3 heteroatoms. The van der Waals surface area contributed by atoms with Gasteiger partial charge in [0.05, 0.1) is 12.7 Å². The van der Waals surface area contributed by atoms with Crippen molar-refractivity contribution in [3.05, 3.63) is 70.8 Å². The number of fused-ring (bicyclic) bond motifs is 2. The smallest absolute Gasteiger partial charge is 0.157 e. The zero-order valence-electron chi connectivity index (χ0n) is 15.1. The summed E-state index contributed by atoms with van der Waals surface area (Å²) in [6, 6.07) is 19.5. The van der Waals surface area contributed by atoms with E-state index in [0.717, 1.165) is 49.8 Å². The van der Waals surface area contributed by atoms with Crippen molar-refractivity contribution in [1.82, 2.24) is 0 Å². The van der Waals surface area contributed by atoms with Crippen LogP contribution in [0, 0.1) is 11.3 Å². The first-order valence-corrected chi connectivity index (χ1v) is 9.65. The van der Waals surface area contributed by atoms with Crippen LogP contribution in [0.2, 0.25) is 0 Å². The molecule has 3 nitrogen and oxygen atoms in total. The van der Waals surface area contributed by atoms with Crippen LogP contribution in [-0.4, -0.2) is 19.5 Å². The highest BCUT2D eigenvalue weighted by Crippen LogP contribution is 2.42. The molecule has 1 saturated heterocycles. The first kappa shape index (κ1) is 17.3. The van der Waals surface area contributed by atoms with E-state index in [4.69, 9.17) is 9.47 Å². The van der Waals surface area contributed by atoms with Crippen molar-refractivity contribution in [1.29, 1.82) is 5.26 Å². The van der Waals surface area contributed by atoms with E-state index < -0.39 is 5.41 Å². The Kier molecular flexibility index (Phi) is 5.06. The lowest BCUT2D eigenvalue weighted by Crippen LogP contribution is -2.31. The molecule has 0 amide bonds. The molecular weight excluding hydrogens is 322 g/mol. The van der Waals surface area contributed by atoms with Crippen molar-refractivity contribution in [3.63, 3.8) is 0 Å². The van der Waals surface area contributed by atoms with Crippen LogP contribution in [0.1, 0.15) is 47.9 Å². The predicted octanol–water partition coefficient (Wildman–Crippen LogP) is 4.53. The number of benzene rings is 2. The Morgan fingerprint density at radius 2 is 1.65 bits per heavy atom. The molecule has 1 aliphatic carbocycles. The van der Waals surface area contributed by atoms with Crippen LogP contribution in [0.25, 0.3) is 0 Å². The Hall–Kier alpha value is -2.15. The van der Waals surface area contributed by atoms with Gasteiger partial charge in [0.2, 0.25) is 0 Å². The van der Waals surface area contributed by atoms with E-state index in [1.807, 2.05) is 12.1 Å². The standard InChI is InChI=1S/C23H25NO2/c24-17-23(14-16-26-22-11-5-6-15-25-22)20-9-3-1-7-18(20)12-13-19-8-2-4-10-21(19)23/h1-4,7-10,22H,5-6,11-16H2. The van der Waals surface area contributed by atoms with Crippen molar-refractivity contribution in [2.24, 2.45) is 0 Å². The van der Waals surface area contributed by atoms with Crippen LogP contribution >= 0.6 is 0 Å². The summed E-state index contributed by atoms with van der Waals surface area (Å²) < 4.78 is 11.7. The van der Waals surface area contributed by atoms with Gasteiger partial charge in [-0.3, -0.25) is 0 Å². The lowest BCUT2D eigenvalue weighted by atomic mass is 9.71. The maximum Gasteiger partial charge on any atom is 0.157 e. The SMILES string of the molecule is N#CC1(CCOC2CCCCO2)c2ccccc2CCc2ccccc21. The van der Waals surface area contributed by atoms with Crippen LogP contribution in [-0.2, 0) is 27.7 Å². The third kappa shape index (κ3) is 3.16. The van der Waals surface area contributed by atoms with Crippen molar-refractivity contribution < 1.29 is 9.47 Å². The first-order chi connectivity index (χ1) is 12.8. The molecule has 0 aromatic heterocycles. The van der Waals surface area contributed by atoms with Crippen LogP contribution in [0.5, 0.6) is 0 Å². The second-order valence-electron chi connectivity index (χ2n) is 7.25. The van der Waals surface area contributed by atoms with Crippen LogP contribution in [0.3, 0.4) is 0 Å². The van der Waals surface area contributed by atoms with Gasteiger partial charge in [-0.05, 0) is 60.8 Å². The van der Waals surface area contributed by atoms with Gasteiger partial charge in [0.25, 0.3) is 0 Å². The van der Waals surface area contributed by atoms with Crippen molar-refractivity contribution >= 4 is 0 Å². The minimum absolute atomic E-state index is 0.115. The predicted molar refractivity (Wildman–Crippen MR) is 101 cm³/mol. The Morgan fingerprint density at radius 3 is 2.23 bits per heavy atom. The average molecular weight is 347 g/mol. The minimum Gasteiger partial charge on any atom is -0.353 e. The number of ether oxygens (including phenoxy) is 2. The molecule has 1 aliphatic heterocycles. The molecule has 26 heavy (non-hydrogen) atoms. The lowest BCUT2D eigenvalue weighted by Gasteiger charge is -2.31. The highest BCUT2D eigenvalue weighted by Gasteiger charge is 2.39. The van der Waals surface area contributed by atoms with Crippen molar-refractivity contribution in [2.45, 2.75) is 50.2 Å². The van der Waals surface area contributed by atoms with Gasteiger partial charge in [0, 0.05) is 6.61 Å². The zero-order valence-corrected chi connectivity index (χ0v) is 15.1. The van der Waals surface area contributed by atoms with E-state index >= 15 is 0 Å². The quantitative estimate of drug-likeness (QED) is 0.816. The monoisotopic (exact) mass is 347 g/mol. The van der Waals surface area contributed by atoms with Crippen LogP contribution < -0.4 is 0 Å². The summed E-state index contributed by atoms with van der Waals surface area (Å²) in [5, 5.41) is 10.4. The first-order valence-electron chi connectivity index (χ1n) is 9.65. The molecule has 1 fully saturated rings. The third-order valence-electron chi connectivity index (χ3n) is 5.73. The van der Waals surface area contributed by atoms with Crippen molar-refractivity contribution in [2.75, 3.05) is 13.2 Å². The third-order valence-corrected chi connectivity index (χ3v) is 5.73. The van der Waals surface area contributed by atoms with Gasteiger partial charge in [-0.15, -0.1) is 0 Å². The van der Waals surface area contributed by atoms with E-state index in [1.165, 1.54) is 11.1 Å². The molecular formula is C23H25NO2. The topological polar surface area (TPSA) is 42.2 Å². The Bertz CT molecular complexity index is 754. The molecule has 0 radical (unpaired) electrons. The molecule has 4 rings (SSSR count). The average Bonchev–Trinajstić information content (AvgIpc) is 2.85. The molecule has 1 unspecified atom stereocenters. The molecule has 2 aromatic rings. The molecule has 0 spiro atoms. The fourth-order valence-corrected chi connectivity index (χ4v) is 4.36. The highest BCUT2D eigenvalue weighted by molar-refractivity contribution is 5.54. The Labute approximate surface area is 155 Å². The molecule has 134 valence electrons. The van der Waals surface area contributed by atoms with E-state index in [9.17, 15) is 5.26 Å². The van der Waals surface area contributed by atoms with Gasteiger partial charge >= 0.3 is 0 Å². The number of rotatable bonds is 4. The second kappa shape index (κ2) is 7.61.